The maximum atomic E-state index is 11.8. The zero-order chi connectivity index (χ0) is 12.8. The van der Waals surface area contributed by atoms with Gasteiger partial charge in [-0.1, -0.05) is 31.0 Å². The van der Waals surface area contributed by atoms with Crippen LogP contribution in [0.2, 0.25) is 0 Å². The second-order valence-electron chi connectivity index (χ2n) is 4.97. The van der Waals surface area contributed by atoms with Crippen molar-refractivity contribution in [3.8, 4) is 0 Å². The van der Waals surface area contributed by atoms with E-state index in [0.29, 0.717) is 11.6 Å². The SMILES string of the molecule is C[C@@H](CNC1CCCC1)OC(=O)c1ccccc1. The molecule has 3 nitrogen and oxygen atoms in total. The fourth-order valence-electron chi connectivity index (χ4n) is 2.33. The average molecular weight is 247 g/mol. The summed E-state index contributed by atoms with van der Waals surface area (Å²) in [5, 5.41) is 3.46. The van der Waals surface area contributed by atoms with E-state index >= 15 is 0 Å². The second kappa shape index (κ2) is 6.55. The number of esters is 1. The summed E-state index contributed by atoms with van der Waals surface area (Å²) in [6.07, 6.45) is 5.04. The first kappa shape index (κ1) is 13.1. The van der Waals surface area contributed by atoms with E-state index in [4.69, 9.17) is 4.74 Å². The highest BCUT2D eigenvalue weighted by molar-refractivity contribution is 5.89. The fourth-order valence-corrected chi connectivity index (χ4v) is 2.33. The van der Waals surface area contributed by atoms with Gasteiger partial charge in [-0.05, 0) is 31.9 Å². The summed E-state index contributed by atoms with van der Waals surface area (Å²) in [5.41, 5.74) is 0.616. The zero-order valence-corrected chi connectivity index (χ0v) is 10.9. The molecule has 0 saturated heterocycles. The van der Waals surface area contributed by atoms with Crippen molar-refractivity contribution in [3.63, 3.8) is 0 Å². The maximum absolute atomic E-state index is 11.8. The molecule has 1 aliphatic carbocycles. The van der Waals surface area contributed by atoms with Gasteiger partial charge in [-0.3, -0.25) is 0 Å². The Labute approximate surface area is 109 Å². The van der Waals surface area contributed by atoms with Gasteiger partial charge in [0.15, 0.2) is 0 Å². The summed E-state index contributed by atoms with van der Waals surface area (Å²) in [7, 11) is 0. The first-order valence-corrected chi connectivity index (χ1v) is 6.75. The molecule has 0 aromatic heterocycles. The van der Waals surface area contributed by atoms with Gasteiger partial charge in [0.1, 0.15) is 6.10 Å². The highest BCUT2D eigenvalue weighted by Gasteiger charge is 2.16. The summed E-state index contributed by atoms with van der Waals surface area (Å²) < 4.78 is 5.39. The lowest BCUT2D eigenvalue weighted by Gasteiger charge is -2.17. The molecule has 1 aliphatic rings. The van der Waals surface area contributed by atoms with Crippen molar-refractivity contribution >= 4 is 5.97 Å². The molecule has 0 amide bonds. The van der Waals surface area contributed by atoms with E-state index in [1.54, 1.807) is 12.1 Å². The van der Waals surface area contributed by atoms with Crippen molar-refractivity contribution in [2.24, 2.45) is 0 Å². The number of hydrogen-bond donors (Lipinski definition) is 1. The zero-order valence-electron chi connectivity index (χ0n) is 10.9. The Balaban J connectivity index is 1.73. The van der Waals surface area contributed by atoms with Crippen LogP contribution in [0.4, 0.5) is 0 Å². The third kappa shape index (κ3) is 3.84. The molecular weight excluding hydrogens is 226 g/mol. The summed E-state index contributed by atoms with van der Waals surface area (Å²) in [4.78, 5) is 11.8. The first-order valence-electron chi connectivity index (χ1n) is 6.75. The largest absolute Gasteiger partial charge is 0.458 e. The molecule has 3 heteroatoms. The minimum absolute atomic E-state index is 0.0849. The van der Waals surface area contributed by atoms with Crippen LogP contribution in [-0.2, 0) is 4.74 Å². The number of hydrogen-bond acceptors (Lipinski definition) is 3. The molecule has 0 unspecified atom stereocenters. The second-order valence-corrected chi connectivity index (χ2v) is 4.97. The van der Waals surface area contributed by atoms with Crippen molar-refractivity contribution in [1.29, 1.82) is 0 Å². The maximum Gasteiger partial charge on any atom is 0.338 e. The molecule has 1 N–H and O–H groups in total. The van der Waals surface area contributed by atoms with Crippen LogP contribution in [-0.4, -0.2) is 24.7 Å². The van der Waals surface area contributed by atoms with Crippen molar-refractivity contribution in [1.82, 2.24) is 5.32 Å². The highest BCUT2D eigenvalue weighted by Crippen LogP contribution is 2.17. The van der Waals surface area contributed by atoms with Crippen LogP contribution in [0.3, 0.4) is 0 Å². The molecule has 2 rings (SSSR count). The van der Waals surface area contributed by atoms with Crippen molar-refractivity contribution in [2.75, 3.05) is 6.54 Å². The van der Waals surface area contributed by atoms with E-state index in [-0.39, 0.29) is 12.1 Å². The Bertz CT molecular complexity index is 371. The van der Waals surface area contributed by atoms with Crippen LogP contribution < -0.4 is 5.32 Å². The van der Waals surface area contributed by atoms with Gasteiger partial charge < -0.3 is 10.1 Å². The summed E-state index contributed by atoms with van der Waals surface area (Å²) in [6.45, 7) is 2.67. The quantitative estimate of drug-likeness (QED) is 0.813. The Kier molecular flexibility index (Phi) is 4.76. The molecule has 0 radical (unpaired) electrons. The van der Waals surface area contributed by atoms with Gasteiger partial charge in [-0.2, -0.15) is 0 Å². The molecule has 18 heavy (non-hydrogen) atoms. The lowest BCUT2D eigenvalue weighted by Crippen LogP contribution is -2.34. The van der Waals surface area contributed by atoms with E-state index in [2.05, 4.69) is 5.32 Å². The fraction of sp³-hybridized carbons (Fsp3) is 0.533. The van der Waals surface area contributed by atoms with E-state index < -0.39 is 0 Å². The lowest BCUT2D eigenvalue weighted by molar-refractivity contribution is 0.0337. The van der Waals surface area contributed by atoms with E-state index in [1.807, 2.05) is 25.1 Å². The van der Waals surface area contributed by atoms with Crippen LogP contribution in [0.5, 0.6) is 0 Å². The summed E-state index contributed by atoms with van der Waals surface area (Å²) in [5.74, 6) is -0.240. The van der Waals surface area contributed by atoms with E-state index in [0.717, 1.165) is 6.54 Å². The molecule has 98 valence electrons. The van der Waals surface area contributed by atoms with E-state index in [1.165, 1.54) is 25.7 Å². The first-order chi connectivity index (χ1) is 8.75. The Hall–Kier alpha value is -1.35. The molecule has 1 atom stereocenters. The van der Waals surface area contributed by atoms with Gasteiger partial charge in [-0.25, -0.2) is 4.79 Å². The van der Waals surface area contributed by atoms with Crippen LogP contribution in [0.1, 0.15) is 43.0 Å². The van der Waals surface area contributed by atoms with Crippen molar-refractivity contribution in [3.05, 3.63) is 35.9 Å². The van der Waals surface area contributed by atoms with Crippen LogP contribution in [0, 0.1) is 0 Å². The molecule has 1 aromatic carbocycles. The predicted octanol–water partition coefficient (Wildman–Crippen LogP) is 2.76. The third-order valence-electron chi connectivity index (χ3n) is 3.37. The normalized spacial score (nSPS) is 17.6. The standard InChI is InChI=1S/C15H21NO2/c1-12(11-16-14-9-5-6-10-14)18-15(17)13-7-3-2-4-8-13/h2-4,7-8,12,14,16H,5-6,9-11H2,1H3/t12-/m0/s1. The molecule has 0 aliphatic heterocycles. The number of carbonyl (C=O) groups is 1. The van der Waals surface area contributed by atoms with Crippen molar-refractivity contribution < 1.29 is 9.53 Å². The van der Waals surface area contributed by atoms with Gasteiger partial charge in [-0.15, -0.1) is 0 Å². The smallest absolute Gasteiger partial charge is 0.338 e. The molecule has 1 saturated carbocycles. The van der Waals surface area contributed by atoms with Crippen molar-refractivity contribution in [2.45, 2.75) is 44.8 Å². The van der Waals surface area contributed by atoms with Gasteiger partial charge >= 0.3 is 5.97 Å². The van der Waals surface area contributed by atoms with Crippen LogP contribution in [0.15, 0.2) is 30.3 Å². The topological polar surface area (TPSA) is 38.3 Å². The number of carbonyl (C=O) groups excluding carboxylic acids is 1. The number of rotatable bonds is 5. The minimum atomic E-state index is -0.240. The monoisotopic (exact) mass is 247 g/mol. The number of nitrogens with one attached hydrogen (secondary N) is 1. The number of ether oxygens (including phenoxy) is 1. The van der Waals surface area contributed by atoms with E-state index in [9.17, 15) is 4.79 Å². The van der Waals surface area contributed by atoms with Gasteiger partial charge in [0, 0.05) is 12.6 Å². The van der Waals surface area contributed by atoms with Crippen LogP contribution >= 0.6 is 0 Å². The summed E-state index contributed by atoms with van der Waals surface area (Å²) >= 11 is 0. The van der Waals surface area contributed by atoms with Gasteiger partial charge in [0.2, 0.25) is 0 Å². The molecular formula is C15H21NO2. The number of benzene rings is 1. The minimum Gasteiger partial charge on any atom is -0.458 e. The Morgan fingerprint density at radius 1 is 1.33 bits per heavy atom. The Morgan fingerprint density at radius 2 is 2.00 bits per heavy atom. The molecule has 0 heterocycles. The lowest BCUT2D eigenvalue weighted by atomic mass is 10.2. The Morgan fingerprint density at radius 3 is 2.67 bits per heavy atom. The predicted molar refractivity (Wildman–Crippen MR) is 71.6 cm³/mol. The van der Waals surface area contributed by atoms with Gasteiger partial charge in [0.25, 0.3) is 0 Å². The molecule has 1 fully saturated rings. The third-order valence-corrected chi connectivity index (χ3v) is 3.37. The highest BCUT2D eigenvalue weighted by atomic mass is 16.5. The average Bonchev–Trinajstić information content (AvgIpc) is 2.90. The molecule has 1 aromatic rings. The van der Waals surface area contributed by atoms with Gasteiger partial charge in [0.05, 0.1) is 5.56 Å². The van der Waals surface area contributed by atoms with Crippen LogP contribution in [0.25, 0.3) is 0 Å². The summed E-state index contributed by atoms with van der Waals surface area (Å²) in [6, 6.07) is 9.75. The molecule has 0 bridgehead atoms. The molecule has 0 spiro atoms.